The Balaban J connectivity index is 0.00000264. The topological polar surface area (TPSA) is 0 Å². The van der Waals surface area contributed by atoms with Gasteiger partial charge in [0.05, 0.1) is 0 Å². The summed E-state index contributed by atoms with van der Waals surface area (Å²) in [6.45, 7) is 11.8. The van der Waals surface area contributed by atoms with Gasteiger partial charge in [0.1, 0.15) is 0 Å². The monoisotopic (exact) mass is 316 g/mol. The number of rotatable bonds is 5. The molecule has 0 aliphatic heterocycles. The van der Waals surface area contributed by atoms with Gasteiger partial charge in [0, 0.05) is 0 Å². The first-order chi connectivity index (χ1) is 10.3. The zero-order valence-electron chi connectivity index (χ0n) is 15.7. The predicted octanol–water partition coefficient (Wildman–Crippen LogP) is 3.51. The van der Waals surface area contributed by atoms with Crippen LogP contribution in [0.25, 0.3) is 0 Å². The summed E-state index contributed by atoms with van der Waals surface area (Å²) in [4.78, 5) is 0. The van der Waals surface area contributed by atoms with E-state index in [0.717, 1.165) is 6.42 Å². The Kier molecular flexibility index (Phi) is 7.45. The van der Waals surface area contributed by atoms with Crippen molar-refractivity contribution in [3.8, 4) is 0 Å². The normalized spacial score (nSPS) is 11.7. The molecule has 0 nitrogen and oxygen atoms in total. The molecule has 23 heavy (non-hydrogen) atoms. The van der Waals surface area contributed by atoms with Gasteiger partial charge in [0.15, 0.2) is 0 Å². The molecule has 0 amide bonds. The van der Waals surface area contributed by atoms with Crippen molar-refractivity contribution in [2.75, 3.05) is 0 Å². The first-order valence-corrected chi connectivity index (χ1v) is 8.24. The minimum Gasteiger partial charge on any atom is -0.120 e. The summed E-state index contributed by atoms with van der Waals surface area (Å²) in [5.74, 6) is 1.45. The van der Waals surface area contributed by atoms with E-state index < -0.39 is 0 Å². The summed E-state index contributed by atoms with van der Waals surface area (Å²) in [7, 11) is 0. The van der Waals surface area contributed by atoms with Crippen molar-refractivity contribution in [2.24, 2.45) is 10.8 Å². The second-order valence-corrected chi connectivity index (χ2v) is 8.29. The molecule has 0 bridgehead atoms. The Morgan fingerprint density at radius 1 is 0.696 bits per heavy atom. The van der Waals surface area contributed by atoms with Gasteiger partial charge in [-0.1, -0.05) is 77.4 Å². The molecule has 0 N–H and O–H groups in total. The largest absolute Gasteiger partial charge is 1.00 e. The maximum absolute atomic E-state index is 2.39. The standard InChI is InChI=1S/C22H29.Na/c1-21(2,3)17-22(4,5)16-20(18-12-8-6-9-13-18)19-14-10-7-11-15-19;/h6-15H,16-17H2,1-5H3;/q-1;+1. The molecule has 0 aliphatic carbocycles. The van der Waals surface area contributed by atoms with Crippen LogP contribution in [0.1, 0.15) is 58.6 Å². The van der Waals surface area contributed by atoms with E-state index in [4.69, 9.17) is 0 Å². The number of hydrogen-bond acceptors (Lipinski definition) is 0. The van der Waals surface area contributed by atoms with E-state index >= 15 is 0 Å². The van der Waals surface area contributed by atoms with E-state index in [1.54, 1.807) is 0 Å². The van der Waals surface area contributed by atoms with E-state index in [-0.39, 0.29) is 35.0 Å². The van der Waals surface area contributed by atoms with Crippen LogP contribution in [0, 0.1) is 16.7 Å². The minimum absolute atomic E-state index is 0. The molecule has 0 fully saturated rings. The summed E-state index contributed by atoms with van der Waals surface area (Å²) in [5, 5.41) is 0. The molecule has 0 saturated carbocycles. The van der Waals surface area contributed by atoms with Crippen LogP contribution in [0.15, 0.2) is 60.7 Å². The summed E-state index contributed by atoms with van der Waals surface area (Å²) < 4.78 is 0. The van der Waals surface area contributed by atoms with Gasteiger partial charge in [0.2, 0.25) is 0 Å². The van der Waals surface area contributed by atoms with Crippen LogP contribution in [0.4, 0.5) is 0 Å². The Bertz CT molecular complexity index is 524. The number of benzene rings is 2. The minimum atomic E-state index is 0. The predicted molar refractivity (Wildman–Crippen MR) is 96.8 cm³/mol. The fraction of sp³-hybridized carbons (Fsp3) is 0.409. The van der Waals surface area contributed by atoms with Gasteiger partial charge in [0.25, 0.3) is 0 Å². The fourth-order valence-corrected chi connectivity index (χ4v) is 3.63. The second-order valence-electron chi connectivity index (χ2n) is 8.29. The maximum atomic E-state index is 2.39. The molecule has 0 aliphatic rings. The van der Waals surface area contributed by atoms with Crippen LogP contribution in [0.2, 0.25) is 0 Å². The molecule has 0 saturated heterocycles. The Labute approximate surface area is 165 Å². The fourth-order valence-electron chi connectivity index (χ4n) is 3.63. The molecule has 0 atom stereocenters. The van der Waals surface area contributed by atoms with Crippen molar-refractivity contribution in [2.45, 2.75) is 47.5 Å². The molecule has 0 spiro atoms. The molecule has 2 aromatic rings. The average molecular weight is 316 g/mol. The first-order valence-electron chi connectivity index (χ1n) is 8.24. The molecule has 1 heteroatoms. The van der Waals surface area contributed by atoms with Gasteiger partial charge in [-0.2, -0.15) is 0 Å². The van der Waals surface area contributed by atoms with Gasteiger partial charge >= 0.3 is 29.6 Å². The Morgan fingerprint density at radius 3 is 1.43 bits per heavy atom. The summed E-state index contributed by atoms with van der Waals surface area (Å²) in [5.41, 5.74) is 3.31. The van der Waals surface area contributed by atoms with Crippen LogP contribution >= 0.6 is 0 Å². The smallest absolute Gasteiger partial charge is 0.120 e. The van der Waals surface area contributed by atoms with E-state index in [9.17, 15) is 0 Å². The third-order valence-corrected chi connectivity index (χ3v) is 3.91. The molecule has 118 valence electrons. The van der Waals surface area contributed by atoms with Crippen molar-refractivity contribution in [3.05, 3.63) is 77.7 Å². The van der Waals surface area contributed by atoms with Crippen LogP contribution in [0.3, 0.4) is 0 Å². The van der Waals surface area contributed by atoms with Gasteiger partial charge in [-0.15, -0.1) is 41.3 Å². The van der Waals surface area contributed by atoms with E-state index in [2.05, 4.69) is 95.3 Å². The van der Waals surface area contributed by atoms with E-state index in [0.29, 0.717) is 5.41 Å². The maximum Gasteiger partial charge on any atom is 1.00 e. The van der Waals surface area contributed by atoms with Gasteiger partial charge < -0.3 is 0 Å². The van der Waals surface area contributed by atoms with Gasteiger partial charge in [-0.25, -0.2) is 0 Å². The Hall–Kier alpha value is -0.690. The zero-order chi connectivity index (χ0) is 16.2. The molecule has 2 aromatic carbocycles. The van der Waals surface area contributed by atoms with Crippen molar-refractivity contribution in [1.29, 1.82) is 0 Å². The molecule has 0 unspecified atom stereocenters. The van der Waals surface area contributed by atoms with Crippen LogP contribution < -0.4 is 29.6 Å². The average Bonchev–Trinajstić information content (AvgIpc) is 2.44. The molecule has 0 radical (unpaired) electrons. The van der Waals surface area contributed by atoms with Gasteiger partial charge in [-0.3, -0.25) is 0 Å². The van der Waals surface area contributed by atoms with E-state index in [1.807, 2.05) is 0 Å². The summed E-state index contributed by atoms with van der Waals surface area (Å²) in [6.07, 6.45) is 2.31. The molecule has 2 rings (SSSR count). The van der Waals surface area contributed by atoms with Gasteiger partial charge in [-0.05, 0) is 17.3 Å². The van der Waals surface area contributed by atoms with Crippen LogP contribution in [0.5, 0.6) is 0 Å². The summed E-state index contributed by atoms with van der Waals surface area (Å²) >= 11 is 0. The first kappa shape index (κ1) is 20.4. The summed E-state index contributed by atoms with van der Waals surface area (Å²) in [6, 6.07) is 21.6. The van der Waals surface area contributed by atoms with Crippen LogP contribution in [-0.4, -0.2) is 0 Å². The molecule has 0 heterocycles. The quantitative estimate of drug-likeness (QED) is 0.585. The Morgan fingerprint density at radius 2 is 1.09 bits per heavy atom. The van der Waals surface area contributed by atoms with Crippen molar-refractivity contribution in [3.63, 3.8) is 0 Å². The van der Waals surface area contributed by atoms with Crippen molar-refractivity contribution >= 4 is 0 Å². The SMILES string of the molecule is CC(C)(C)CC(C)(C)C[C-](c1ccccc1)c1ccccc1.[Na+]. The van der Waals surface area contributed by atoms with E-state index in [1.165, 1.54) is 23.5 Å². The third-order valence-electron chi connectivity index (χ3n) is 3.91. The molecule has 0 aromatic heterocycles. The molecular formula is C22H29Na. The van der Waals surface area contributed by atoms with Crippen molar-refractivity contribution in [1.82, 2.24) is 0 Å². The zero-order valence-corrected chi connectivity index (χ0v) is 17.7. The number of hydrogen-bond donors (Lipinski definition) is 0. The van der Waals surface area contributed by atoms with Crippen LogP contribution in [-0.2, 0) is 0 Å². The second kappa shape index (κ2) is 8.42. The van der Waals surface area contributed by atoms with Crippen molar-refractivity contribution < 1.29 is 29.6 Å². The third kappa shape index (κ3) is 6.75. The molecular weight excluding hydrogens is 287 g/mol.